The first-order chi connectivity index (χ1) is 24.0. The van der Waals surface area contributed by atoms with Crippen LogP contribution in [0.15, 0.2) is 24.8 Å². The van der Waals surface area contributed by atoms with E-state index in [0.717, 1.165) is 18.1 Å². The van der Waals surface area contributed by atoms with E-state index >= 15 is 0 Å². The van der Waals surface area contributed by atoms with Crippen molar-refractivity contribution in [1.29, 1.82) is 5.26 Å². The van der Waals surface area contributed by atoms with Crippen LogP contribution in [-0.2, 0) is 6.18 Å². The Bertz CT molecular complexity index is 1810. The van der Waals surface area contributed by atoms with Crippen molar-refractivity contribution in [3.05, 3.63) is 80.2 Å². The second-order valence-electron chi connectivity index (χ2n) is 12.1. The monoisotopic (exact) mass is 728 g/mol. The first-order valence-corrected chi connectivity index (χ1v) is 15.6. The molecule has 0 aliphatic rings. The molecule has 17 nitrogen and oxygen atoms in total. The van der Waals surface area contributed by atoms with Gasteiger partial charge in [0.25, 0.3) is 5.91 Å². The Labute approximate surface area is 298 Å². The first-order valence-electron chi connectivity index (χ1n) is 15.6. The number of nitrogens with zero attached hydrogens (tertiary/aromatic N) is 10. The van der Waals surface area contributed by atoms with Crippen LogP contribution in [0.4, 0.5) is 36.7 Å². The molecule has 0 aliphatic heterocycles. The Kier molecular flexibility index (Phi) is 16.3. The molecule has 0 aliphatic carbocycles. The molecule has 0 radical (unpaired) electrons. The molecule has 0 atom stereocenters. The molecule has 0 bridgehead atoms. The lowest BCUT2D eigenvalue weighted by Crippen LogP contribution is -2.16. The van der Waals surface area contributed by atoms with Crippen LogP contribution >= 0.6 is 0 Å². The summed E-state index contributed by atoms with van der Waals surface area (Å²) in [5.74, 6) is 0.350. The minimum absolute atomic E-state index is 0.0364. The van der Waals surface area contributed by atoms with Crippen LogP contribution in [0, 0.1) is 28.4 Å². The number of anilines is 3. The number of hydrogen-bond donors (Lipinski definition) is 4. The minimum atomic E-state index is -4.42. The molecule has 4 heterocycles. The number of nitro groups is 1. The van der Waals surface area contributed by atoms with Gasteiger partial charge in [-0.05, 0) is 24.7 Å². The first kappa shape index (κ1) is 43.9. The Balaban J connectivity index is 0.000000347. The van der Waals surface area contributed by atoms with Crippen LogP contribution in [0.2, 0.25) is 0 Å². The van der Waals surface area contributed by atoms with E-state index < -0.39 is 22.6 Å². The number of rotatable bonds is 6. The highest BCUT2D eigenvalue weighted by Crippen LogP contribution is 2.33. The summed E-state index contributed by atoms with van der Waals surface area (Å²) in [5, 5.41) is 19.2. The van der Waals surface area contributed by atoms with Gasteiger partial charge in [0.05, 0.1) is 44.9 Å². The number of carbonyl (C=O) groups excluding carboxylic acids is 1. The summed E-state index contributed by atoms with van der Waals surface area (Å²) in [5.41, 5.74) is 22.9. The Morgan fingerprint density at radius 1 is 0.731 bits per heavy atom. The second-order valence-corrected chi connectivity index (χ2v) is 12.1. The second kappa shape index (κ2) is 19.3. The third-order valence-electron chi connectivity index (χ3n) is 6.50. The van der Waals surface area contributed by atoms with E-state index in [2.05, 4.69) is 39.9 Å². The Hall–Kier alpha value is -6.13. The van der Waals surface area contributed by atoms with Crippen molar-refractivity contribution in [2.75, 3.05) is 17.2 Å². The quantitative estimate of drug-likeness (QED) is 0.144. The summed E-state index contributed by atoms with van der Waals surface area (Å²) in [7, 11) is 0. The molecule has 0 aromatic carbocycles. The van der Waals surface area contributed by atoms with Gasteiger partial charge in [0, 0.05) is 18.3 Å². The summed E-state index contributed by atoms with van der Waals surface area (Å²) in [4.78, 5) is 51.1. The van der Waals surface area contributed by atoms with Crippen LogP contribution in [0.25, 0.3) is 0 Å². The molecule has 0 saturated heterocycles. The highest BCUT2D eigenvalue weighted by atomic mass is 19.4. The zero-order valence-electron chi connectivity index (χ0n) is 30.3. The van der Waals surface area contributed by atoms with Gasteiger partial charge < -0.3 is 22.9 Å². The van der Waals surface area contributed by atoms with Crippen molar-refractivity contribution < 1.29 is 22.9 Å². The standard InChI is InChI=1S/C9H13N3O.C8H10F3N3.C8H10N4.C7H10N4O2/c1-5(2)8-7(9(10)13)4-11-6(3)12-8;1-4(2)6-5(8(9,10)11)3-13-7(12)14-6;1-5(2)7-6(3-9)4-11-8(10)12-7;1-4(2)6-5(11(12)13)3-9-7(8)10-6/h4-5H,1-3H3,(H2,10,13);3-4H,1-2H3,(H2,12,13,14);4-5H,1-2H3,(H2,10,11,12);3-4H,1-2H3,(H2,8,9,10). The Morgan fingerprint density at radius 2 is 1.17 bits per heavy atom. The van der Waals surface area contributed by atoms with E-state index in [-0.39, 0.29) is 52.9 Å². The van der Waals surface area contributed by atoms with E-state index in [1.165, 1.54) is 12.4 Å². The van der Waals surface area contributed by atoms with Crippen molar-refractivity contribution in [3.63, 3.8) is 0 Å². The molecule has 1 amide bonds. The zero-order valence-corrected chi connectivity index (χ0v) is 30.3. The number of nitrogens with two attached hydrogens (primary N) is 4. The molecule has 0 spiro atoms. The van der Waals surface area contributed by atoms with Gasteiger partial charge in [-0.15, -0.1) is 0 Å². The summed E-state index contributed by atoms with van der Waals surface area (Å²) in [6.07, 6.45) is 0.375. The zero-order chi connectivity index (χ0) is 40.1. The number of alkyl halides is 3. The minimum Gasteiger partial charge on any atom is -0.368 e. The average molecular weight is 729 g/mol. The Morgan fingerprint density at radius 3 is 1.60 bits per heavy atom. The van der Waals surface area contributed by atoms with E-state index in [1.807, 2.05) is 47.6 Å². The topological polar surface area (TPSA) is 291 Å². The molecule has 4 rings (SSSR count). The van der Waals surface area contributed by atoms with Gasteiger partial charge in [-0.3, -0.25) is 14.9 Å². The fourth-order valence-electron chi connectivity index (χ4n) is 4.09. The molecular weight excluding hydrogens is 685 g/mol. The number of aromatic nitrogens is 8. The van der Waals surface area contributed by atoms with Crippen molar-refractivity contribution in [2.24, 2.45) is 5.73 Å². The molecule has 52 heavy (non-hydrogen) atoms. The normalized spacial score (nSPS) is 10.8. The van der Waals surface area contributed by atoms with Crippen molar-refractivity contribution in [2.45, 2.75) is 92.2 Å². The maximum Gasteiger partial charge on any atom is 0.419 e. The molecule has 0 unspecified atom stereocenters. The van der Waals surface area contributed by atoms with Crippen molar-refractivity contribution in [1.82, 2.24) is 39.9 Å². The van der Waals surface area contributed by atoms with Crippen LogP contribution in [0.3, 0.4) is 0 Å². The predicted molar refractivity (Wildman–Crippen MR) is 187 cm³/mol. The largest absolute Gasteiger partial charge is 0.419 e. The molecule has 4 aromatic heterocycles. The number of carbonyl (C=O) groups is 1. The predicted octanol–water partition coefficient (Wildman–Crippen LogP) is 5.35. The smallest absolute Gasteiger partial charge is 0.368 e. The third kappa shape index (κ3) is 13.3. The maximum absolute atomic E-state index is 12.4. The fourth-order valence-corrected chi connectivity index (χ4v) is 4.09. The van der Waals surface area contributed by atoms with E-state index in [4.69, 9.17) is 28.2 Å². The number of primary amides is 1. The number of aryl methyl sites for hydroxylation is 1. The molecule has 4 aromatic rings. The maximum atomic E-state index is 12.4. The number of amides is 1. The SMILES string of the molecule is CC(C)c1nc(N)ncc1C#N.CC(C)c1nc(N)ncc1C(F)(F)F.CC(C)c1nc(N)ncc1[N+](=O)[O-].Cc1ncc(C(N)=O)c(C(C)C)n1. The summed E-state index contributed by atoms with van der Waals surface area (Å²) < 4.78 is 37.3. The summed E-state index contributed by atoms with van der Waals surface area (Å²) >= 11 is 0. The number of hydrogen-bond acceptors (Lipinski definition) is 15. The van der Waals surface area contributed by atoms with Gasteiger partial charge in [-0.1, -0.05) is 55.4 Å². The molecule has 20 heteroatoms. The number of nitrogen functional groups attached to an aromatic ring is 3. The van der Waals surface area contributed by atoms with E-state index in [0.29, 0.717) is 28.3 Å². The molecule has 0 fully saturated rings. The van der Waals surface area contributed by atoms with Crippen LogP contribution in [0.5, 0.6) is 0 Å². The highest BCUT2D eigenvalue weighted by Gasteiger charge is 2.35. The fraction of sp³-hybridized carbons (Fsp3) is 0.438. The van der Waals surface area contributed by atoms with Gasteiger partial charge >= 0.3 is 11.9 Å². The van der Waals surface area contributed by atoms with Gasteiger partial charge in [0.15, 0.2) is 0 Å². The van der Waals surface area contributed by atoms with Gasteiger partial charge in [-0.25, -0.2) is 39.9 Å². The number of halogens is 3. The molecule has 280 valence electrons. The lowest BCUT2D eigenvalue weighted by molar-refractivity contribution is -0.386. The molecule has 0 saturated carbocycles. The lowest BCUT2D eigenvalue weighted by atomic mass is 10.1. The van der Waals surface area contributed by atoms with Crippen LogP contribution in [-0.4, -0.2) is 50.7 Å². The highest BCUT2D eigenvalue weighted by molar-refractivity contribution is 5.93. The molecule has 8 N–H and O–H groups in total. The van der Waals surface area contributed by atoms with Crippen LogP contribution in [0.1, 0.15) is 129 Å². The van der Waals surface area contributed by atoms with Gasteiger partial charge in [0.2, 0.25) is 17.8 Å². The van der Waals surface area contributed by atoms with Crippen LogP contribution < -0.4 is 22.9 Å². The summed E-state index contributed by atoms with van der Waals surface area (Å²) in [6, 6.07) is 2.02. The summed E-state index contributed by atoms with van der Waals surface area (Å²) in [6.45, 7) is 16.5. The van der Waals surface area contributed by atoms with Crippen molar-refractivity contribution >= 4 is 29.4 Å². The van der Waals surface area contributed by atoms with Gasteiger partial charge in [-0.2, -0.15) is 18.4 Å². The van der Waals surface area contributed by atoms with Gasteiger partial charge in [0.1, 0.15) is 23.8 Å². The average Bonchev–Trinajstić information content (AvgIpc) is 3.04. The molecular formula is C32H43F3N14O3. The number of nitriles is 1. The van der Waals surface area contributed by atoms with Crippen molar-refractivity contribution in [3.8, 4) is 6.07 Å². The van der Waals surface area contributed by atoms with E-state index in [9.17, 15) is 28.1 Å². The lowest BCUT2D eigenvalue weighted by Gasteiger charge is -2.13. The van der Waals surface area contributed by atoms with E-state index in [1.54, 1.807) is 20.8 Å². The third-order valence-corrected chi connectivity index (χ3v) is 6.50.